The van der Waals surface area contributed by atoms with E-state index in [-0.39, 0.29) is 18.9 Å². The van der Waals surface area contributed by atoms with Gasteiger partial charge in [0.1, 0.15) is 5.72 Å². The number of carboxylic acids is 1. The number of aliphatic carboxylic acids is 1. The van der Waals surface area contributed by atoms with Gasteiger partial charge in [-0.1, -0.05) is 30.2 Å². The molecule has 23 heavy (non-hydrogen) atoms. The number of carbonyl (C=O) groups is 2. The Morgan fingerprint density at radius 1 is 1.22 bits per heavy atom. The van der Waals surface area contributed by atoms with Crippen LogP contribution in [0.15, 0.2) is 24.3 Å². The number of ether oxygens (including phenoxy) is 1. The van der Waals surface area contributed by atoms with E-state index < -0.39 is 17.7 Å². The zero-order valence-corrected chi connectivity index (χ0v) is 13.6. The fraction of sp³-hybridized carbons (Fsp3) is 0.529. The summed E-state index contributed by atoms with van der Waals surface area (Å²) in [7, 11) is 0. The number of nitrogens with zero attached hydrogens (tertiary/aromatic N) is 1. The third-order valence-electron chi connectivity index (χ3n) is 4.72. The second-order valence-electron chi connectivity index (χ2n) is 6.24. The van der Waals surface area contributed by atoms with Gasteiger partial charge in [-0.3, -0.25) is 9.69 Å². The molecule has 2 fully saturated rings. The van der Waals surface area contributed by atoms with Gasteiger partial charge in [-0.2, -0.15) is 0 Å². The average molecular weight is 338 g/mol. The minimum absolute atomic E-state index is 0.0711. The van der Waals surface area contributed by atoms with Crippen LogP contribution in [0.3, 0.4) is 0 Å². The van der Waals surface area contributed by atoms with Crippen LogP contribution in [0.2, 0.25) is 5.02 Å². The quantitative estimate of drug-likeness (QED) is 0.921. The molecule has 1 aliphatic heterocycles. The summed E-state index contributed by atoms with van der Waals surface area (Å²) in [6, 6.07) is 6.15. The molecule has 0 bridgehead atoms. The number of rotatable bonds is 3. The minimum Gasteiger partial charge on any atom is -0.480 e. The lowest BCUT2D eigenvalue weighted by atomic mass is 9.89. The number of hydrogen-bond donors (Lipinski definition) is 1. The van der Waals surface area contributed by atoms with Gasteiger partial charge in [-0.05, 0) is 43.4 Å². The average Bonchev–Trinajstić information content (AvgIpc) is 2.89. The Morgan fingerprint density at radius 3 is 2.48 bits per heavy atom. The maximum Gasteiger partial charge on any atom is 0.328 e. The van der Waals surface area contributed by atoms with Crippen LogP contribution in [0, 0.1) is 0 Å². The van der Waals surface area contributed by atoms with Gasteiger partial charge in [-0.15, -0.1) is 0 Å². The lowest BCUT2D eigenvalue weighted by Crippen LogP contribution is -2.55. The normalized spacial score (nSPS) is 23.2. The number of carboxylic acid groups (broad SMARTS) is 1. The molecule has 1 aromatic carbocycles. The standard InChI is InChI=1S/C17H20ClNO4/c18-13-6-4-12(5-7-13)10-15(20)19-14(16(21)22)11-23-17(19)8-2-1-3-9-17/h4-7,14H,1-3,8-11H2,(H,21,22). The molecule has 1 aliphatic carbocycles. The van der Waals surface area contributed by atoms with E-state index in [1.54, 1.807) is 24.3 Å². The van der Waals surface area contributed by atoms with Crippen molar-refractivity contribution < 1.29 is 19.4 Å². The number of halogens is 1. The molecule has 124 valence electrons. The monoisotopic (exact) mass is 337 g/mol. The highest BCUT2D eigenvalue weighted by Crippen LogP contribution is 2.40. The van der Waals surface area contributed by atoms with E-state index in [1.165, 1.54) is 4.90 Å². The molecule has 1 unspecified atom stereocenters. The SMILES string of the molecule is O=C(O)C1COC2(CCCCC2)N1C(=O)Cc1ccc(Cl)cc1. The van der Waals surface area contributed by atoms with Crippen molar-refractivity contribution in [1.29, 1.82) is 0 Å². The predicted octanol–water partition coefficient (Wildman–Crippen LogP) is 2.85. The van der Waals surface area contributed by atoms with E-state index in [0.29, 0.717) is 17.9 Å². The van der Waals surface area contributed by atoms with E-state index in [4.69, 9.17) is 16.3 Å². The molecule has 1 saturated carbocycles. The van der Waals surface area contributed by atoms with Gasteiger partial charge < -0.3 is 9.84 Å². The highest BCUT2D eigenvalue weighted by molar-refractivity contribution is 6.30. The number of carbonyl (C=O) groups excluding carboxylic acids is 1. The van der Waals surface area contributed by atoms with Gasteiger partial charge in [0.25, 0.3) is 0 Å². The summed E-state index contributed by atoms with van der Waals surface area (Å²) in [5, 5.41) is 10.1. The largest absolute Gasteiger partial charge is 0.480 e. The lowest BCUT2D eigenvalue weighted by Gasteiger charge is -2.41. The highest BCUT2D eigenvalue weighted by atomic mass is 35.5. The maximum absolute atomic E-state index is 12.8. The van der Waals surface area contributed by atoms with Crippen LogP contribution >= 0.6 is 11.6 Å². The summed E-state index contributed by atoms with van der Waals surface area (Å²) < 4.78 is 5.85. The van der Waals surface area contributed by atoms with Crippen molar-refractivity contribution in [3.8, 4) is 0 Å². The van der Waals surface area contributed by atoms with Crippen LogP contribution < -0.4 is 0 Å². The van der Waals surface area contributed by atoms with Crippen molar-refractivity contribution in [1.82, 2.24) is 4.90 Å². The van der Waals surface area contributed by atoms with Crippen molar-refractivity contribution >= 4 is 23.5 Å². The molecule has 5 nitrogen and oxygen atoms in total. The van der Waals surface area contributed by atoms with Gasteiger partial charge in [0.05, 0.1) is 13.0 Å². The number of amides is 1. The van der Waals surface area contributed by atoms with E-state index in [0.717, 1.165) is 24.8 Å². The Labute approximate surface area is 140 Å². The van der Waals surface area contributed by atoms with Crippen molar-refractivity contribution in [2.45, 2.75) is 50.3 Å². The lowest BCUT2D eigenvalue weighted by molar-refractivity contribution is -0.163. The summed E-state index contributed by atoms with van der Waals surface area (Å²) in [5.41, 5.74) is 0.0894. The Hall–Kier alpha value is -1.59. The first-order valence-corrected chi connectivity index (χ1v) is 8.33. The molecule has 1 heterocycles. The van der Waals surface area contributed by atoms with Crippen LogP contribution in [0.1, 0.15) is 37.7 Å². The smallest absolute Gasteiger partial charge is 0.328 e. The summed E-state index contributed by atoms with van der Waals surface area (Å²) in [5.74, 6) is -1.20. The summed E-state index contributed by atoms with van der Waals surface area (Å²) >= 11 is 5.86. The Morgan fingerprint density at radius 2 is 1.87 bits per heavy atom. The summed E-state index contributed by atoms with van der Waals surface area (Å²) in [6.07, 6.45) is 4.59. The molecule has 0 radical (unpaired) electrons. The van der Waals surface area contributed by atoms with Crippen molar-refractivity contribution in [3.63, 3.8) is 0 Å². The predicted molar refractivity (Wildman–Crippen MR) is 85.2 cm³/mol. The van der Waals surface area contributed by atoms with Gasteiger partial charge in [0.2, 0.25) is 5.91 Å². The van der Waals surface area contributed by atoms with E-state index in [1.807, 2.05) is 0 Å². The van der Waals surface area contributed by atoms with Crippen LogP contribution in [-0.4, -0.2) is 40.3 Å². The molecule has 1 N–H and O–H groups in total. The van der Waals surface area contributed by atoms with Gasteiger partial charge in [0, 0.05) is 5.02 Å². The fourth-order valence-corrected chi connectivity index (χ4v) is 3.72. The van der Waals surface area contributed by atoms with Crippen LogP contribution in [-0.2, 0) is 20.7 Å². The molecule has 1 saturated heterocycles. The molecule has 6 heteroatoms. The zero-order chi connectivity index (χ0) is 16.4. The first-order valence-electron chi connectivity index (χ1n) is 7.95. The van der Waals surface area contributed by atoms with Gasteiger partial charge in [-0.25, -0.2) is 4.79 Å². The molecule has 2 aliphatic rings. The van der Waals surface area contributed by atoms with Crippen molar-refractivity contribution in [3.05, 3.63) is 34.9 Å². The molecule has 1 amide bonds. The third kappa shape index (κ3) is 3.21. The second-order valence-corrected chi connectivity index (χ2v) is 6.68. The van der Waals surface area contributed by atoms with Gasteiger partial charge in [0.15, 0.2) is 6.04 Å². The minimum atomic E-state index is -1.00. The summed E-state index contributed by atoms with van der Waals surface area (Å²) in [6.45, 7) is 0.0711. The third-order valence-corrected chi connectivity index (χ3v) is 4.97. The van der Waals surface area contributed by atoms with E-state index >= 15 is 0 Å². The maximum atomic E-state index is 12.8. The number of benzene rings is 1. The van der Waals surface area contributed by atoms with Crippen LogP contribution in [0.25, 0.3) is 0 Å². The molecular weight excluding hydrogens is 318 g/mol. The second kappa shape index (κ2) is 6.49. The first kappa shape index (κ1) is 16.3. The molecule has 1 atom stereocenters. The molecule has 0 aromatic heterocycles. The highest BCUT2D eigenvalue weighted by Gasteiger charge is 2.52. The Balaban J connectivity index is 1.83. The molecular formula is C17H20ClNO4. The number of hydrogen-bond acceptors (Lipinski definition) is 3. The molecule has 1 aromatic rings. The van der Waals surface area contributed by atoms with Crippen molar-refractivity contribution in [2.24, 2.45) is 0 Å². The van der Waals surface area contributed by atoms with Crippen molar-refractivity contribution in [2.75, 3.05) is 6.61 Å². The Kier molecular flexibility index (Phi) is 4.60. The fourth-order valence-electron chi connectivity index (χ4n) is 3.60. The Bertz CT molecular complexity index is 595. The first-order chi connectivity index (χ1) is 11.0. The van der Waals surface area contributed by atoms with Gasteiger partial charge >= 0.3 is 5.97 Å². The van der Waals surface area contributed by atoms with Crippen LogP contribution in [0.4, 0.5) is 0 Å². The molecule has 1 spiro atoms. The van der Waals surface area contributed by atoms with E-state index in [2.05, 4.69) is 0 Å². The topological polar surface area (TPSA) is 66.8 Å². The summed E-state index contributed by atoms with van der Waals surface area (Å²) in [4.78, 5) is 25.9. The van der Waals surface area contributed by atoms with E-state index in [9.17, 15) is 14.7 Å². The molecule has 3 rings (SSSR count). The van der Waals surface area contributed by atoms with Crippen LogP contribution in [0.5, 0.6) is 0 Å². The zero-order valence-electron chi connectivity index (χ0n) is 12.8.